The molecule has 0 heterocycles. The van der Waals surface area contributed by atoms with E-state index in [1.54, 1.807) is 0 Å². The molecule has 34 heavy (non-hydrogen) atoms. The van der Waals surface area contributed by atoms with Gasteiger partial charge in [-0.2, -0.15) is 5.26 Å². The fourth-order valence-electron chi connectivity index (χ4n) is 5.37. The quantitative estimate of drug-likeness (QED) is 0.377. The maximum atomic E-state index is 9.60. The van der Waals surface area contributed by atoms with Crippen LogP contribution < -0.4 is 0 Å². The van der Waals surface area contributed by atoms with Crippen molar-refractivity contribution in [2.75, 3.05) is 0 Å². The Morgan fingerprint density at radius 3 is 2.53 bits per heavy atom. The van der Waals surface area contributed by atoms with Crippen LogP contribution in [0.15, 0.2) is 102 Å². The van der Waals surface area contributed by atoms with Crippen LogP contribution >= 0.6 is 0 Å². The van der Waals surface area contributed by atoms with E-state index in [0.717, 1.165) is 18.4 Å². The molecule has 0 aliphatic heterocycles. The van der Waals surface area contributed by atoms with Gasteiger partial charge in [0.2, 0.25) is 0 Å². The Morgan fingerprint density at radius 1 is 0.912 bits per heavy atom. The summed E-state index contributed by atoms with van der Waals surface area (Å²) in [5, 5.41) is 9.60. The van der Waals surface area contributed by atoms with Gasteiger partial charge in [0.25, 0.3) is 0 Å². The summed E-state index contributed by atoms with van der Waals surface area (Å²) in [5.74, 6) is 0.608. The van der Waals surface area contributed by atoms with E-state index < -0.39 is 0 Å². The predicted molar refractivity (Wildman–Crippen MR) is 142 cm³/mol. The van der Waals surface area contributed by atoms with Crippen molar-refractivity contribution in [2.45, 2.75) is 32.6 Å². The Labute approximate surface area is 203 Å². The highest BCUT2D eigenvalue weighted by atomic mass is 14.4. The number of fused-ring (bicyclic) bond motifs is 1. The molecule has 0 bridgehead atoms. The fraction of sp³-hybridized carbons (Fsp3) is 0.182. The smallest absolute Gasteiger partial charge is 0.0991 e. The van der Waals surface area contributed by atoms with Crippen LogP contribution in [0, 0.1) is 31.1 Å². The first-order valence-corrected chi connectivity index (χ1v) is 12.0. The number of rotatable bonds is 4. The summed E-state index contributed by atoms with van der Waals surface area (Å²) in [6.07, 6.45) is 14.6. The number of aryl methyl sites for hydroxylation is 2. The average Bonchev–Trinajstić information content (AvgIpc) is 3.08. The molecule has 0 radical (unpaired) electrons. The third-order valence-electron chi connectivity index (χ3n) is 7.03. The molecule has 0 fully saturated rings. The molecular formula is C33H29N. The van der Waals surface area contributed by atoms with Crippen LogP contribution in [-0.2, 0) is 6.42 Å². The monoisotopic (exact) mass is 439 g/mol. The first-order valence-electron chi connectivity index (χ1n) is 12.0. The molecular weight excluding hydrogens is 410 g/mol. The average molecular weight is 440 g/mol. The van der Waals surface area contributed by atoms with Gasteiger partial charge in [-0.15, -0.1) is 0 Å². The van der Waals surface area contributed by atoms with Gasteiger partial charge < -0.3 is 0 Å². The van der Waals surface area contributed by atoms with Crippen molar-refractivity contribution in [2.24, 2.45) is 5.92 Å². The van der Waals surface area contributed by atoms with Gasteiger partial charge in [-0.05, 0) is 72.6 Å². The van der Waals surface area contributed by atoms with E-state index in [1.165, 1.54) is 44.5 Å². The molecule has 0 N–H and O–H groups in total. The standard InChI is InChI=1S/C33H29N/c1-23-13-15-25(16-14-23)17-18-27-10-6-12-30-21-31(28-9-4-3-8-26(20-28)22-34)33(32(27)30)29-11-5-7-24(2)19-29/h3-8,10-20,31,33H,9,21H2,1-2H3/b18-17+. The van der Waals surface area contributed by atoms with Crippen LogP contribution in [0.25, 0.3) is 12.2 Å². The lowest BCUT2D eigenvalue weighted by Gasteiger charge is -2.25. The Kier molecular flexibility index (Phi) is 6.15. The van der Waals surface area contributed by atoms with Gasteiger partial charge in [0.15, 0.2) is 0 Å². The zero-order valence-corrected chi connectivity index (χ0v) is 19.8. The van der Waals surface area contributed by atoms with Crippen LogP contribution in [0.2, 0.25) is 0 Å². The number of benzene rings is 3. The summed E-state index contributed by atoms with van der Waals surface area (Å²) >= 11 is 0. The van der Waals surface area contributed by atoms with E-state index in [1.807, 2.05) is 12.2 Å². The minimum absolute atomic E-state index is 0.270. The minimum atomic E-state index is 0.270. The van der Waals surface area contributed by atoms with Crippen molar-refractivity contribution >= 4 is 12.2 Å². The predicted octanol–water partition coefficient (Wildman–Crippen LogP) is 8.11. The summed E-state index contributed by atoms with van der Waals surface area (Å²) < 4.78 is 0. The van der Waals surface area contributed by atoms with Gasteiger partial charge in [0, 0.05) is 5.92 Å². The van der Waals surface area contributed by atoms with Crippen LogP contribution in [0.1, 0.15) is 51.3 Å². The lowest BCUT2D eigenvalue weighted by atomic mass is 9.78. The SMILES string of the molecule is Cc1ccc(/C=C/c2cccc3c2C(c2cccc(C)c2)C(C2=CC(C#N)=CC=CC2)C3)cc1. The molecule has 5 rings (SSSR count). The Balaban J connectivity index is 1.62. The van der Waals surface area contributed by atoms with E-state index in [0.29, 0.717) is 5.92 Å². The molecule has 0 saturated carbocycles. The molecule has 3 aromatic rings. The molecule has 1 nitrogen and oxygen atoms in total. The molecule has 0 spiro atoms. The van der Waals surface area contributed by atoms with E-state index in [9.17, 15) is 5.26 Å². The molecule has 2 unspecified atom stereocenters. The summed E-state index contributed by atoms with van der Waals surface area (Å²) in [4.78, 5) is 0. The Morgan fingerprint density at radius 2 is 1.74 bits per heavy atom. The van der Waals surface area contributed by atoms with Gasteiger partial charge in [-0.3, -0.25) is 0 Å². The van der Waals surface area contributed by atoms with Crippen molar-refractivity contribution in [3.63, 3.8) is 0 Å². The maximum absolute atomic E-state index is 9.60. The first-order chi connectivity index (χ1) is 16.6. The van der Waals surface area contributed by atoms with E-state index in [-0.39, 0.29) is 5.92 Å². The second-order valence-corrected chi connectivity index (χ2v) is 9.45. The number of hydrogen-bond donors (Lipinski definition) is 0. The van der Waals surface area contributed by atoms with Crippen molar-refractivity contribution < 1.29 is 0 Å². The second-order valence-electron chi connectivity index (χ2n) is 9.45. The second kappa shape index (κ2) is 9.54. The van der Waals surface area contributed by atoms with Gasteiger partial charge in [-0.25, -0.2) is 0 Å². The Bertz CT molecular complexity index is 1370. The summed E-state index contributed by atoms with van der Waals surface area (Å²) in [7, 11) is 0. The fourth-order valence-corrected chi connectivity index (χ4v) is 5.37. The number of allylic oxidation sites excluding steroid dienone is 6. The zero-order chi connectivity index (χ0) is 23.5. The first kappa shape index (κ1) is 21.9. The molecule has 0 saturated heterocycles. The van der Waals surface area contributed by atoms with Crippen molar-refractivity contribution in [3.8, 4) is 6.07 Å². The topological polar surface area (TPSA) is 23.8 Å². The summed E-state index contributed by atoms with van der Waals surface area (Å²) in [5.41, 5.74) is 11.3. The largest absolute Gasteiger partial charge is 0.192 e. The third-order valence-corrected chi connectivity index (χ3v) is 7.03. The molecule has 0 amide bonds. The van der Waals surface area contributed by atoms with Gasteiger partial charge in [-0.1, -0.05) is 108 Å². The van der Waals surface area contributed by atoms with Crippen molar-refractivity contribution in [1.29, 1.82) is 5.26 Å². The summed E-state index contributed by atoms with van der Waals surface area (Å²) in [6, 6.07) is 26.7. The summed E-state index contributed by atoms with van der Waals surface area (Å²) in [6.45, 7) is 4.29. The molecule has 2 atom stereocenters. The van der Waals surface area contributed by atoms with Crippen molar-refractivity contribution in [1.82, 2.24) is 0 Å². The molecule has 166 valence electrons. The lowest BCUT2D eigenvalue weighted by Crippen LogP contribution is -2.13. The van der Waals surface area contributed by atoms with Gasteiger partial charge in [0.1, 0.15) is 0 Å². The van der Waals surface area contributed by atoms with Gasteiger partial charge >= 0.3 is 0 Å². The maximum Gasteiger partial charge on any atom is 0.0991 e. The number of nitriles is 1. The Hall–Kier alpha value is -3.89. The van der Waals surface area contributed by atoms with E-state index in [2.05, 4.69) is 111 Å². The van der Waals surface area contributed by atoms with Crippen LogP contribution in [-0.4, -0.2) is 0 Å². The molecule has 3 aromatic carbocycles. The number of hydrogen-bond acceptors (Lipinski definition) is 1. The van der Waals surface area contributed by atoms with Crippen LogP contribution in [0.5, 0.6) is 0 Å². The highest BCUT2D eigenvalue weighted by Crippen LogP contribution is 2.48. The minimum Gasteiger partial charge on any atom is -0.192 e. The normalized spacial score (nSPS) is 19.3. The highest BCUT2D eigenvalue weighted by Gasteiger charge is 2.37. The third kappa shape index (κ3) is 4.45. The van der Waals surface area contributed by atoms with E-state index in [4.69, 9.17) is 0 Å². The van der Waals surface area contributed by atoms with Crippen molar-refractivity contribution in [3.05, 3.63) is 141 Å². The van der Waals surface area contributed by atoms with Crippen LogP contribution in [0.3, 0.4) is 0 Å². The van der Waals surface area contributed by atoms with Crippen LogP contribution in [0.4, 0.5) is 0 Å². The molecule has 0 aromatic heterocycles. The molecule has 2 aliphatic rings. The zero-order valence-electron chi connectivity index (χ0n) is 19.8. The van der Waals surface area contributed by atoms with Gasteiger partial charge in [0.05, 0.1) is 11.6 Å². The lowest BCUT2D eigenvalue weighted by molar-refractivity contribution is 0.574. The molecule has 2 aliphatic carbocycles. The highest BCUT2D eigenvalue weighted by molar-refractivity contribution is 5.73. The molecule has 1 heteroatoms. The van der Waals surface area contributed by atoms with E-state index >= 15 is 0 Å². The number of nitrogens with zero attached hydrogens (tertiary/aromatic N) is 1.